The Balaban J connectivity index is 2.51. The quantitative estimate of drug-likeness (QED) is 0.392. The van der Waals surface area contributed by atoms with Crippen LogP contribution in [0.4, 0.5) is 5.69 Å². The molecule has 2 aromatic carbocycles. The number of methoxy groups -OCH3 is 2. The molecule has 0 bridgehead atoms. The van der Waals surface area contributed by atoms with E-state index in [4.69, 9.17) is 18.5 Å². The average Bonchev–Trinajstić information content (AvgIpc) is 2.75. The van der Waals surface area contributed by atoms with Gasteiger partial charge in [-0.05, 0) is 41.7 Å². The van der Waals surface area contributed by atoms with Crippen LogP contribution < -0.4 is 14.8 Å². The molecule has 0 radical (unpaired) electrons. The van der Waals surface area contributed by atoms with Gasteiger partial charge in [-0.3, -0.25) is 4.57 Å². The summed E-state index contributed by atoms with van der Waals surface area (Å²) in [5.41, 5.74) is 1.55. The van der Waals surface area contributed by atoms with Gasteiger partial charge in [-0.25, -0.2) is 0 Å². The number of rotatable bonds is 12. The number of para-hydroxylation sites is 1. The monoisotopic (exact) mass is 435 g/mol. The van der Waals surface area contributed by atoms with Crippen molar-refractivity contribution in [2.24, 2.45) is 11.8 Å². The van der Waals surface area contributed by atoms with E-state index in [9.17, 15) is 4.57 Å². The van der Waals surface area contributed by atoms with E-state index in [0.29, 0.717) is 24.7 Å². The summed E-state index contributed by atoms with van der Waals surface area (Å²) in [5.74, 6) is 0.861. The van der Waals surface area contributed by atoms with Crippen molar-refractivity contribution in [1.29, 1.82) is 0 Å². The predicted octanol–water partition coefficient (Wildman–Crippen LogP) is 6.35. The van der Waals surface area contributed by atoms with Crippen LogP contribution in [-0.2, 0) is 13.6 Å². The van der Waals surface area contributed by atoms with Crippen molar-refractivity contribution in [2.75, 3.05) is 32.8 Å². The van der Waals surface area contributed by atoms with Gasteiger partial charge in [0.05, 0.1) is 27.4 Å². The van der Waals surface area contributed by atoms with Gasteiger partial charge in [-0.2, -0.15) is 0 Å². The molecule has 6 nitrogen and oxygen atoms in total. The highest BCUT2D eigenvalue weighted by Crippen LogP contribution is 2.61. The van der Waals surface area contributed by atoms with E-state index >= 15 is 0 Å². The molecule has 2 aromatic rings. The topological polar surface area (TPSA) is 66.0 Å². The lowest BCUT2D eigenvalue weighted by Gasteiger charge is -2.30. The van der Waals surface area contributed by atoms with Crippen molar-refractivity contribution in [1.82, 2.24) is 0 Å². The first kappa shape index (κ1) is 24.3. The highest BCUT2D eigenvalue weighted by Gasteiger charge is 2.38. The fraction of sp³-hybridized carbons (Fsp3) is 0.478. The molecule has 0 aliphatic carbocycles. The van der Waals surface area contributed by atoms with Gasteiger partial charge in [0, 0.05) is 5.69 Å². The fourth-order valence-electron chi connectivity index (χ4n) is 2.75. The third-order valence-electron chi connectivity index (χ3n) is 4.29. The molecule has 1 atom stereocenters. The van der Waals surface area contributed by atoms with Crippen LogP contribution in [0.3, 0.4) is 0 Å². The van der Waals surface area contributed by atoms with Gasteiger partial charge in [-0.1, -0.05) is 52.0 Å². The van der Waals surface area contributed by atoms with Gasteiger partial charge in [0.2, 0.25) is 0 Å². The number of ether oxygens (including phenoxy) is 2. The maximum absolute atomic E-state index is 14.1. The maximum Gasteiger partial charge on any atom is 0.357 e. The van der Waals surface area contributed by atoms with Gasteiger partial charge in [0.15, 0.2) is 17.3 Å². The molecule has 0 amide bonds. The third-order valence-corrected chi connectivity index (χ3v) is 6.37. The van der Waals surface area contributed by atoms with Crippen LogP contribution in [0.5, 0.6) is 11.5 Å². The van der Waals surface area contributed by atoms with Crippen LogP contribution in [0.25, 0.3) is 0 Å². The minimum Gasteiger partial charge on any atom is -0.493 e. The predicted molar refractivity (Wildman–Crippen MR) is 122 cm³/mol. The summed E-state index contributed by atoms with van der Waals surface area (Å²) in [4.78, 5) is 0. The molecule has 0 saturated heterocycles. The van der Waals surface area contributed by atoms with Crippen molar-refractivity contribution in [3.05, 3.63) is 54.1 Å². The van der Waals surface area contributed by atoms with E-state index in [0.717, 1.165) is 11.3 Å². The van der Waals surface area contributed by atoms with E-state index in [2.05, 4.69) is 5.32 Å². The number of hydrogen-bond donors (Lipinski definition) is 1. The summed E-state index contributed by atoms with van der Waals surface area (Å²) < 4.78 is 36.8. The summed E-state index contributed by atoms with van der Waals surface area (Å²) in [6.45, 7) is 8.72. The molecule has 0 heterocycles. The normalized spacial score (nSPS) is 12.8. The molecule has 7 heteroatoms. The van der Waals surface area contributed by atoms with Crippen LogP contribution in [0.2, 0.25) is 0 Å². The van der Waals surface area contributed by atoms with Crippen molar-refractivity contribution in [2.45, 2.75) is 33.5 Å². The zero-order chi connectivity index (χ0) is 22.1. The minimum absolute atomic E-state index is 0.212. The van der Waals surface area contributed by atoms with Gasteiger partial charge in [-0.15, -0.1) is 0 Å². The molecular weight excluding hydrogens is 401 g/mol. The fourth-order valence-corrected chi connectivity index (χ4v) is 4.97. The van der Waals surface area contributed by atoms with Crippen LogP contribution in [0.1, 0.15) is 39.0 Å². The van der Waals surface area contributed by atoms with Crippen molar-refractivity contribution < 1.29 is 23.1 Å². The largest absolute Gasteiger partial charge is 0.493 e. The number of hydrogen-bond acceptors (Lipinski definition) is 6. The lowest BCUT2D eigenvalue weighted by Crippen LogP contribution is -2.18. The second-order valence-electron chi connectivity index (χ2n) is 7.95. The second kappa shape index (κ2) is 11.4. The summed E-state index contributed by atoms with van der Waals surface area (Å²) in [6.07, 6.45) is 0. The van der Waals surface area contributed by atoms with Gasteiger partial charge >= 0.3 is 7.60 Å². The van der Waals surface area contributed by atoms with Gasteiger partial charge in [0.1, 0.15) is 0 Å². The zero-order valence-corrected chi connectivity index (χ0v) is 19.6. The summed E-state index contributed by atoms with van der Waals surface area (Å²) >= 11 is 0. The molecule has 0 spiro atoms. The van der Waals surface area contributed by atoms with E-state index < -0.39 is 13.4 Å². The first-order valence-electron chi connectivity index (χ1n) is 10.2. The zero-order valence-electron chi connectivity index (χ0n) is 18.8. The number of benzene rings is 2. The summed E-state index contributed by atoms with van der Waals surface area (Å²) in [5, 5.41) is 3.36. The van der Waals surface area contributed by atoms with Crippen molar-refractivity contribution in [3.8, 4) is 11.5 Å². The van der Waals surface area contributed by atoms with Crippen molar-refractivity contribution in [3.63, 3.8) is 0 Å². The molecular formula is C23H34NO5P. The Morgan fingerprint density at radius 2 is 1.40 bits per heavy atom. The molecule has 0 aliphatic rings. The molecule has 0 fully saturated rings. The number of nitrogens with one attached hydrogen (secondary N) is 1. The highest BCUT2D eigenvalue weighted by molar-refractivity contribution is 7.54. The minimum atomic E-state index is -3.59. The van der Waals surface area contributed by atoms with E-state index in [1.807, 2.05) is 70.2 Å². The smallest absolute Gasteiger partial charge is 0.357 e. The third kappa shape index (κ3) is 6.76. The molecule has 1 N–H and O–H groups in total. The maximum atomic E-state index is 14.1. The van der Waals surface area contributed by atoms with Crippen LogP contribution in [0.15, 0.2) is 48.5 Å². The highest BCUT2D eigenvalue weighted by atomic mass is 31.2. The molecule has 30 heavy (non-hydrogen) atoms. The van der Waals surface area contributed by atoms with Crippen LogP contribution in [0, 0.1) is 11.8 Å². The second-order valence-corrected chi connectivity index (χ2v) is 10.1. The molecule has 1 unspecified atom stereocenters. The molecule has 166 valence electrons. The Bertz CT molecular complexity index is 810. The van der Waals surface area contributed by atoms with Gasteiger partial charge < -0.3 is 23.8 Å². The molecule has 2 rings (SSSR count). The number of anilines is 1. The van der Waals surface area contributed by atoms with Crippen LogP contribution in [-0.4, -0.2) is 27.4 Å². The molecule has 0 aromatic heterocycles. The SMILES string of the molecule is COc1ccc(C(Nc2ccccc2)P(=O)(OCC(C)C)OCC(C)C)cc1OC. The molecule has 0 aliphatic heterocycles. The summed E-state index contributed by atoms with van der Waals surface area (Å²) in [6, 6.07) is 15.1. The van der Waals surface area contributed by atoms with E-state index in [1.54, 1.807) is 20.3 Å². The molecule has 0 saturated carbocycles. The average molecular weight is 436 g/mol. The first-order chi connectivity index (χ1) is 14.3. The van der Waals surface area contributed by atoms with Crippen LogP contribution >= 0.6 is 7.60 Å². The first-order valence-corrected chi connectivity index (χ1v) is 11.8. The Labute approximate surface area is 180 Å². The lowest BCUT2D eigenvalue weighted by atomic mass is 10.2. The Hall–Kier alpha value is -2.01. The van der Waals surface area contributed by atoms with Crippen molar-refractivity contribution >= 4 is 13.3 Å². The Morgan fingerprint density at radius 1 is 0.833 bits per heavy atom. The lowest BCUT2D eigenvalue weighted by molar-refractivity contribution is 0.168. The Kier molecular flexibility index (Phi) is 9.22. The Morgan fingerprint density at radius 3 is 1.90 bits per heavy atom. The standard InChI is InChI=1S/C23H34NO5P/c1-17(2)15-28-30(25,29-16-18(3)4)23(24-20-10-8-7-9-11-20)19-12-13-21(26-5)22(14-19)27-6/h7-14,17-18,23-24H,15-16H2,1-6H3. The summed E-state index contributed by atoms with van der Waals surface area (Å²) in [7, 11) is -0.428. The van der Waals surface area contributed by atoms with Gasteiger partial charge in [0.25, 0.3) is 0 Å². The van der Waals surface area contributed by atoms with E-state index in [-0.39, 0.29) is 11.8 Å². The van der Waals surface area contributed by atoms with E-state index in [1.165, 1.54) is 0 Å².